The van der Waals surface area contributed by atoms with Gasteiger partial charge in [-0.2, -0.15) is 5.10 Å². The summed E-state index contributed by atoms with van der Waals surface area (Å²) in [7, 11) is 0. The van der Waals surface area contributed by atoms with E-state index in [1.807, 2.05) is 18.5 Å². The maximum absolute atomic E-state index is 5.37. The molecule has 1 rings (SSSR count). The molecule has 0 saturated heterocycles. The maximum Gasteiger partial charge on any atom is 0.147 e. The van der Waals surface area contributed by atoms with Crippen molar-refractivity contribution in [3.05, 3.63) is 11.6 Å². The van der Waals surface area contributed by atoms with Gasteiger partial charge in [0.25, 0.3) is 0 Å². The molecule has 0 atom stereocenters. The van der Waals surface area contributed by atoms with Gasteiger partial charge in [-0.1, -0.05) is 0 Å². The van der Waals surface area contributed by atoms with Crippen molar-refractivity contribution in [3.63, 3.8) is 0 Å². The van der Waals surface area contributed by atoms with E-state index in [1.54, 1.807) is 0 Å². The van der Waals surface area contributed by atoms with E-state index in [9.17, 15) is 0 Å². The molecule has 0 amide bonds. The van der Waals surface area contributed by atoms with Crippen LogP contribution < -0.4 is 5.73 Å². The molecule has 0 spiro atoms. The molecular weight excluding hydrogens is 140 g/mol. The molecule has 0 aliphatic carbocycles. The summed E-state index contributed by atoms with van der Waals surface area (Å²) in [6.07, 6.45) is 0.962. The lowest BCUT2D eigenvalue weighted by molar-refractivity contribution is 0.565. The zero-order valence-electron chi connectivity index (χ0n) is 7.04. The lowest BCUT2D eigenvalue weighted by atomic mass is 10.4. The minimum absolute atomic E-state index is 0.707. The predicted octanol–water partition coefficient (Wildman–Crippen LogP) is 0.244. The number of hydrogen-bond acceptors (Lipinski definition) is 3. The van der Waals surface area contributed by atoms with E-state index in [1.165, 1.54) is 0 Å². The van der Waals surface area contributed by atoms with Gasteiger partial charge < -0.3 is 5.73 Å². The fourth-order valence-electron chi connectivity index (χ4n) is 1.01. The summed E-state index contributed by atoms with van der Waals surface area (Å²) in [6, 6.07) is 0. The molecule has 1 aromatic heterocycles. The Bertz CT molecular complexity index is 228. The number of rotatable bonds is 3. The highest BCUT2D eigenvalue weighted by atomic mass is 15.3. The van der Waals surface area contributed by atoms with Gasteiger partial charge in [0, 0.05) is 6.54 Å². The summed E-state index contributed by atoms with van der Waals surface area (Å²) < 4.78 is 1.89. The van der Waals surface area contributed by atoms with Crippen molar-refractivity contribution in [2.75, 3.05) is 6.54 Å². The van der Waals surface area contributed by atoms with E-state index in [0.29, 0.717) is 6.54 Å². The molecule has 62 valence electrons. The lowest BCUT2D eigenvalue weighted by Crippen LogP contribution is -2.08. The van der Waals surface area contributed by atoms with Gasteiger partial charge in [0.05, 0.1) is 0 Å². The Hall–Kier alpha value is -0.900. The first-order valence-electron chi connectivity index (χ1n) is 3.82. The van der Waals surface area contributed by atoms with Crippen LogP contribution >= 0.6 is 0 Å². The molecule has 11 heavy (non-hydrogen) atoms. The molecule has 4 heteroatoms. The Balaban J connectivity index is 2.62. The molecule has 4 nitrogen and oxygen atoms in total. The van der Waals surface area contributed by atoms with Gasteiger partial charge in [-0.3, -0.25) is 4.68 Å². The Morgan fingerprint density at radius 3 is 2.64 bits per heavy atom. The largest absolute Gasteiger partial charge is 0.330 e. The summed E-state index contributed by atoms with van der Waals surface area (Å²) in [5.74, 6) is 1.80. The van der Waals surface area contributed by atoms with E-state index in [2.05, 4.69) is 10.1 Å². The molecule has 1 heterocycles. The van der Waals surface area contributed by atoms with Crippen molar-refractivity contribution < 1.29 is 0 Å². The van der Waals surface area contributed by atoms with Gasteiger partial charge >= 0.3 is 0 Å². The second-order valence-corrected chi connectivity index (χ2v) is 2.57. The van der Waals surface area contributed by atoms with E-state index in [0.717, 1.165) is 24.6 Å². The van der Waals surface area contributed by atoms with Crippen molar-refractivity contribution >= 4 is 0 Å². The number of nitrogens with zero attached hydrogens (tertiary/aromatic N) is 3. The van der Waals surface area contributed by atoms with E-state index >= 15 is 0 Å². The van der Waals surface area contributed by atoms with E-state index in [4.69, 9.17) is 5.73 Å². The van der Waals surface area contributed by atoms with Gasteiger partial charge in [-0.05, 0) is 26.8 Å². The molecule has 0 aromatic carbocycles. The topological polar surface area (TPSA) is 56.7 Å². The van der Waals surface area contributed by atoms with Crippen LogP contribution in [-0.2, 0) is 6.54 Å². The Morgan fingerprint density at radius 1 is 1.45 bits per heavy atom. The van der Waals surface area contributed by atoms with Gasteiger partial charge in [-0.25, -0.2) is 4.98 Å². The predicted molar refractivity (Wildman–Crippen MR) is 43.2 cm³/mol. The van der Waals surface area contributed by atoms with Crippen LogP contribution in [0, 0.1) is 13.8 Å². The molecule has 2 N–H and O–H groups in total. The first-order valence-corrected chi connectivity index (χ1v) is 3.82. The van der Waals surface area contributed by atoms with Crippen LogP contribution in [0.4, 0.5) is 0 Å². The summed E-state index contributed by atoms with van der Waals surface area (Å²) >= 11 is 0. The van der Waals surface area contributed by atoms with Crippen molar-refractivity contribution in [2.45, 2.75) is 26.8 Å². The number of aromatic nitrogens is 3. The standard InChI is InChI=1S/C7H14N4/c1-6-9-7(2)11(10-6)5-3-4-8/h3-5,8H2,1-2H3. The molecule has 0 aliphatic rings. The third kappa shape index (κ3) is 2.01. The fourth-order valence-corrected chi connectivity index (χ4v) is 1.01. The monoisotopic (exact) mass is 154 g/mol. The SMILES string of the molecule is Cc1nc(C)n(CCCN)n1. The van der Waals surface area contributed by atoms with Gasteiger partial charge in [0.15, 0.2) is 0 Å². The van der Waals surface area contributed by atoms with Crippen molar-refractivity contribution in [2.24, 2.45) is 5.73 Å². The van der Waals surface area contributed by atoms with Crippen LogP contribution in [0.5, 0.6) is 0 Å². The van der Waals surface area contributed by atoms with Crippen LogP contribution in [0.2, 0.25) is 0 Å². The van der Waals surface area contributed by atoms with Gasteiger partial charge in [-0.15, -0.1) is 0 Å². The van der Waals surface area contributed by atoms with Crippen LogP contribution in [0.25, 0.3) is 0 Å². The second kappa shape index (κ2) is 3.48. The average molecular weight is 154 g/mol. The van der Waals surface area contributed by atoms with Crippen LogP contribution in [0.3, 0.4) is 0 Å². The number of nitrogens with two attached hydrogens (primary N) is 1. The first-order chi connectivity index (χ1) is 5.24. The molecule has 1 aromatic rings. The Morgan fingerprint density at radius 2 is 2.18 bits per heavy atom. The highest BCUT2D eigenvalue weighted by Crippen LogP contribution is 1.96. The molecular formula is C7H14N4. The molecule has 0 aliphatic heterocycles. The van der Waals surface area contributed by atoms with Gasteiger partial charge in [0.2, 0.25) is 0 Å². The molecule has 0 radical (unpaired) electrons. The van der Waals surface area contributed by atoms with Gasteiger partial charge in [0.1, 0.15) is 11.6 Å². The molecule has 0 saturated carbocycles. The van der Waals surface area contributed by atoms with E-state index in [-0.39, 0.29) is 0 Å². The Labute approximate surface area is 66.4 Å². The Kier molecular flexibility index (Phi) is 2.59. The molecule has 0 bridgehead atoms. The molecule has 0 unspecified atom stereocenters. The summed E-state index contributed by atoms with van der Waals surface area (Å²) in [5, 5.41) is 4.20. The van der Waals surface area contributed by atoms with Crippen molar-refractivity contribution in [3.8, 4) is 0 Å². The van der Waals surface area contributed by atoms with Crippen LogP contribution in [0.1, 0.15) is 18.1 Å². The first kappa shape index (κ1) is 8.20. The lowest BCUT2D eigenvalue weighted by Gasteiger charge is -1.99. The van der Waals surface area contributed by atoms with Crippen molar-refractivity contribution in [1.82, 2.24) is 14.8 Å². The van der Waals surface area contributed by atoms with Crippen LogP contribution in [0.15, 0.2) is 0 Å². The van der Waals surface area contributed by atoms with E-state index < -0.39 is 0 Å². The summed E-state index contributed by atoms with van der Waals surface area (Å²) in [6.45, 7) is 5.43. The maximum atomic E-state index is 5.37. The normalized spacial score (nSPS) is 10.5. The highest BCUT2D eigenvalue weighted by molar-refractivity contribution is 4.87. The van der Waals surface area contributed by atoms with Crippen LogP contribution in [-0.4, -0.2) is 21.3 Å². The van der Waals surface area contributed by atoms with Crippen molar-refractivity contribution in [1.29, 1.82) is 0 Å². The quantitative estimate of drug-likeness (QED) is 0.678. The summed E-state index contributed by atoms with van der Waals surface area (Å²) in [4.78, 5) is 4.18. The number of hydrogen-bond donors (Lipinski definition) is 1. The second-order valence-electron chi connectivity index (χ2n) is 2.57. The molecule has 0 fully saturated rings. The minimum Gasteiger partial charge on any atom is -0.330 e. The zero-order valence-corrected chi connectivity index (χ0v) is 7.04. The third-order valence-electron chi connectivity index (χ3n) is 1.54. The fraction of sp³-hybridized carbons (Fsp3) is 0.714. The highest BCUT2D eigenvalue weighted by Gasteiger charge is 1.99. The zero-order chi connectivity index (χ0) is 8.27. The average Bonchev–Trinajstić information content (AvgIpc) is 2.26. The summed E-state index contributed by atoms with van der Waals surface area (Å²) in [5.41, 5.74) is 5.37. The third-order valence-corrected chi connectivity index (χ3v) is 1.54. The number of aryl methyl sites for hydroxylation is 3. The smallest absolute Gasteiger partial charge is 0.147 e. The minimum atomic E-state index is 0.707.